The van der Waals surface area contributed by atoms with Gasteiger partial charge in [-0.1, -0.05) is 0 Å². The van der Waals surface area contributed by atoms with Crippen LogP contribution < -0.4 is 0 Å². The second kappa shape index (κ2) is 4.94. The lowest BCUT2D eigenvalue weighted by molar-refractivity contribution is -0.0128. The van der Waals surface area contributed by atoms with E-state index in [1.54, 1.807) is 0 Å². The highest BCUT2D eigenvalue weighted by Gasteiger charge is 2.63. The molecule has 0 N–H and O–H groups in total. The smallest absolute Gasteiger partial charge is 0.0858 e. The molecule has 0 amide bonds. The average Bonchev–Trinajstić information content (AvgIpc) is 3.09. The minimum atomic E-state index is 0.212. The largest absolute Gasteiger partial charge is 0.381 e. The lowest BCUT2D eigenvalue weighted by Crippen LogP contribution is -2.41. The van der Waals surface area contributed by atoms with E-state index >= 15 is 0 Å². The molecule has 4 nitrogen and oxygen atoms in total. The minimum absolute atomic E-state index is 0.212. The molecule has 4 atom stereocenters. The molecule has 4 heterocycles. The van der Waals surface area contributed by atoms with E-state index in [-0.39, 0.29) is 5.60 Å². The van der Waals surface area contributed by atoms with E-state index in [1.165, 1.54) is 45.3 Å². The van der Waals surface area contributed by atoms with Crippen molar-refractivity contribution in [2.24, 2.45) is 11.8 Å². The summed E-state index contributed by atoms with van der Waals surface area (Å²) < 4.78 is 12.0. The SMILES string of the molecule is CN(C)C[C@H]1[C@H]2CN(C3CCOCC3)C[C@]23CC[C@H]1O3. The number of hydrogen-bond donors (Lipinski definition) is 0. The summed E-state index contributed by atoms with van der Waals surface area (Å²) in [4.78, 5) is 5.08. The Balaban J connectivity index is 1.49. The third kappa shape index (κ3) is 2.04. The van der Waals surface area contributed by atoms with Gasteiger partial charge < -0.3 is 14.4 Å². The van der Waals surface area contributed by atoms with E-state index in [2.05, 4.69) is 23.9 Å². The predicted molar refractivity (Wildman–Crippen MR) is 77.8 cm³/mol. The zero-order valence-corrected chi connectivity index (χ0v) is 12.9. The van der Waals surface area contributed by atoms with Gasteiger partial charge in [-0.3, -0.25) is 4.90 Å². The van der Waals surface area contributed by atoms with Crippen LogP contribution in [0.3, 0.4) is 0 Å². The molecule has 1 spiro atoms. The number of hydrogen-bond acceptors (Lipinski definition) is 4. The topological polar surface area (TPSA) is 24.9 Å². The zero-order valence-electron chi connectivity index (χ0n) is 12.9. The molecule has 0 radical (unpaired) electrons. The van der Waals surface area contributed by atoms with Crippen LogP contribution in [0.15, 0.2) is 0 Å². The van der Waals surface area contributed by atoms with Crippen LogP contribution in [-0.4, -0.2) is 74.5 Å². The van der Waals surface area contributed by atoms with Crippen molar-refractivity contribution in [2.75, 3.05) is 46.9 Å². The van der Waals surface area contributed by atoms with Crippen molar-refractivity contribution < 1.29 is 9.47 Å². The van der Waals surface area contributed by atoms with Crippen LogP contribution in [0.25, 0.3) is 0 Å². The quantitative estimate of drug-likeness (QED) is 0.776. The Morgan fingerprint density at radius 2 is 2.00 bits per heavy atom. The van der Waals surface area contributed by atoms with Gasteiger partial charge in [0, 0.05) is 50.7 Å². The fourth-order valence-corrected chi connectivity index (χ4v) is 5.22. The summed E-state index contributed by atoms with van der Waals surface area (Å²) in [5, 5.41) is 0. The molecule has 4 fully saturated rings. The molecular weight excluding hydrogens is 252 g/mol. The second-order valence-electron chi connectivity index (χ2n) is 7.57. The van der Waals surface area contributed by atoms with E-state index in [9.17, 15) is 0 Å². The molecule has 0 aliphatic carbocycles. The summed E-state index contributed by atoms with van der Waals surface area (Å²) in [6, 6.07) is 0.742. The van der Waals surface area contributed by atoms with Crippen LogP contribution in [0.2, 0.25) is 0 Å². The summed E-state index contributed by atoms with van der Waals surface area (Å²) in [7, 11) is 4.40. The van der Waals surface area contributed by atoms with Crippen LogP contribution in [0, 0.1) is 11.8 Å². The van der Waals surface area contributed by atoms with E-state index in [0.29, 0.717) is 6.10 Å². The van der Waals surface area contributed by atoms with Crippen LogP contribution >= 0.6 is 0 Å². The van der Waals surface area contributed by atoms with Gasteiger partial charge >= 0.3 is 0 Å². The van der Waals surface area contributed by atoms with Gasteiger partial charge in [-0.05, 0) is 39.8 Å². The lowest BCUT2D eigenvalue weighted by atomic mass is 9.73. The highest BCUT2D eigenvalue weighted by molar-refractivity contribution is 5.13. The molecule has 114 valence electrons. The normalized spacial score (nSPS) is 45.5. The van der Waals surface area contributed by atoms with E-state index in [0.717, 1.165) is 31.1 Å². The number of likely N-dealkylation sites (tertiary alicyclic amines) is 1. The number of rotatable bonds is 3. The summed E-state index contributed by atoms with van der Waals surface area (Å²) in [5.74, 6) is 1.52. The zero-order chi connectivity index (χ0) is 13.7. The van der Waals surface area contributed by atoms with Crippen molar-refractivity contribution in [1.29, 1.82) is 0 Å². The van der Waals surface area contributed by atoms with Crippen LogP contribution in [0.5, 0.6) is 0 Å². The number of nitrogens with zero attached hydrogens (tertiary/aromatic N) is 2. The molecule has 0 aromatic heterocycles. The van der Waals surface area contributed by atoms with E-state index < -0.39 is 0 Å². The lowest BCUT2D eigenvalue weighted by Gasteiger charge is -2.32. The van der Waals surface area contributed by atoms with Gasteiger partial charge in [0.05, 0.1) is 11.7 Å². The Kier molecular flexibility index (Phi) is 3.33. The van der Waals surface area contributed by atoms with Crippen molar-refractivity contribution in [2.45, 2.75) is 43.4 Å². The van der Waals surface area contributed by atoms with Crippen LogP contribution in [0.4, 0.5) is 0 Å². The predicted octanol–water partition coefficient (Wildman–Crippen LogP) is 1.21. The third-order valence-corrected chi connectivity index (χ3v) is 6.09. The molecule has 4 rings (SSSR count). The molecule has 4 saturated heterocycles. The third-order valence-electron chi connectivity index (χ3n) is 6.09. The van der Waals surface area contributed by atoms with Gasteiger partial charge in [-0.2, -0.15) is 0 Å². The molecule has 4 aliphatic rings. The Labute approximate surface area is 122 Å². The highest BCUT2D eigenvalue weighted by atomic mass is 16.5. The summed E-state index contributed by atoms with van der Waals surface area (Å²) >= 11 is 0. The maximum absolute atomic E-state index is 6.52. The molecule has 20 heavy (non-hydrogen) atoms. The van der Waals surface area contributed by atoms with Gasteiger partial charge in [0.2, 0.25) is 0 Å². The van der Waals surface area contributed by atoms with Crippen molar-refractivity contribution in [3.63, 3.8) is 0 Å². The molecule has 4 heteroatoms. The fourth-order valence-electron chi connectivity index (χ4n) is 5.22. The first-order valence-electron chi connectivity index (χ1n) is 8.32. The first-order chi connectivity index (χ1) is 9.68. The summed E-state index contributed by atoms with van der Waals surface area (Å²) in [6.07, 6.45) is 5.55. The molecule has 0 saturated carbocycles. The Hall–Kier alpha value is -0.160. The Morgan fingerprint density at radius 3 is 2.75 bits per heavy atom. The van der Waals surface area contributed by atoms with Gasteiger partial charge in [0.1, 0.15) is 0 Å². The van der Waals surface area contributed by atoms with Crippen LogP contribution in [-0.2, 0) is 9.47 Å². The second-order valence-corrected chi connectivity index (χ2v) is 7.57. The fraction of sp³-hybridized carbons (Fsp3) is 1.00. The number of ether oxygens (including phenoxy) is 2. The summed E-state index contributed by atoms with van der Waals surface area (Å²) in [6.45, 7) is 5.54. The molecule has 0 aromatic rings. The first kappa shape index (κ1) is 13.5. The minimum Gasteiger partial charge on any atom is -0.381 e. The maximum atomic E-state index is 6.52. The van der Waals surface area contributed by atoms with Crippen LogP contribution in [0.1, 0.15) is 25.7 Å². The van der Waals surface area contributed by atoms with Gasteiger partial charge in [0.25, 0.3) is 0 Å². The standard InChI is InChI=1S/C16H28N2O2/c1-17(2)9-13-14-10-18(12-4-7-19-8-5-12)11-16(14)6-3-15(13)20-16/h12-15H,3-11H2,1-2H3/t13-,14+,15+,16+/m0/s1. The molecule has 0 aromatic carbocycles. The Morgan fingerprint density at radius 1 is 1.20 bits per heavy atom. The number of fused-ring (bicyclic) bond motifs is 1. The molecular formula is C16H28N2O2. The van der Waals surface area contributed by atoms with Gasteiger partial charge in [0.15, 0.2) is 0 Å². The van der Waals surface area contributed by atoms with E-state index in [1.807, 2.05) is 0 Å². The van der Waals surface area contributed by atoms with Gasteiger partial charge in [-0.15, -0.1) is 0 Å². The molecule has 2 bridgehead atoms. The maximum Gasteiger partial charge on any atom is 0.0858 e. The monoisotopic (exact) mass is 280 g/mol. The first-order valence-corrected chi connectivity index (χ1v) is 8.32. The highest BCUT2D eigenvalue weighted by Crippen LogP contribution is 2.55. The summed E-state index contributed by atoms with van der Waals surface area (Å²) in [5.41, 5.74) is 0.212. The molecule has 0 unspecified atom stereocenters. The van der Waals surface area contributed by atoms with E-state index in [4.69, 9.17) is 9.47 Å². The van der Waals surface area contributed by atoms with Gasteiger partial charge in [-0.25, -0.2) is 0 Å². The van der Waals surface area contributed by atoms with Crippen molar-refractivity contribution in [1.82, 2.24) is 9.80 Å². The van der Waals surface area contributed by atoms with Crippen molar-refractivity contribution in [3.05, 3.63) is 0 Å². The molecule has 4 aliphatic heterocycles. The van der Waals surface area contributed by atoms with Crippen molar-refractivity contribution in [3.8, 4) is 0 Å². The van der Waals surface area contributed by atoms with Crippen molar-refractivity contribution >= 4 is 0 Å². The average molecular weight is 280 g/mol. The Bertz CT molecular complexity index is 369.